The molecule has 0 aliphatic carbocycles. The lowest BCUT2D eigenvalue weighted by Gasteiger charge is -2.17. The van der Waals surface area contributed by atoms with Gasteiger partial charge in [0.25, 0.3) is 0 Å². The van der Waals surface area contributed by atoms with Gasteiger partial charge in [0.15, 0.2) is 0 Å². The second-order valence-electron chi connectivity index (χ2n) is 3.87. The van der Waals surface area contributed by atoms with E-state index in [0.29, 0.717) is 10.7 Å². The van der Waals surface area contributed by atoms with Crippen LogP contribution in [0.1, 0.15) is 29.8 Å². The number of benzene rings is 1. The first-order chi connectivity index (χ1) is 6.56. The van der Waals surface area contributed by atoms with Crippen LogP contribution in [-0.4, -0.2) is 7.11 Å². The highest BCUT2D eigenvalue weighted by atomic mass is 79.9. The Balaban J connectivity index is 2.99. The summed E-state index contributed by atoms with van der Waals surface area (Å²) >= 11 is 3.71. The van der Waals surface area contributed by atoms with E-state index in [-0.39, 0.29) is 0 Å². The van der Waals surface area contributed by atoms with Crippen molar-refractivity contribution in [2.24, 2.45) is 5.92 Å². The van der Waals surface area contributed by atoms with Gasteiger partial charge in [0, 0.05) is 4.83 Å². The molecule has 1 unspecified atom stereocenters. The number of methoxy groups -OCH3 is 1. The fourth-order valence-electron chi connectivity index (χ4n) is 1.44. The summed E-state index contributed by atoms with van der Waals surface area (Å²) in [7, 11) is 1.70. The van der Waals surface area contributed by atoms with Gasteiger partial charge in [0.2, 0.25) is 0 Å². The molecule has 0 aliphatic heterocycles. The van der Waals surface area contributed by atoms with Crippen molar-refractivity contribution < 1.29 is 4.74 Å². The highest BCUT2D eigenvalue weighted by Gasteiger charge is 2.14. The van der Waals surface area contributed by atoms with Gasteiger partial charge in [-0.05, 0) is 36.1 Å². The average Bonchev–Trinajstić information content (AvgIpc) is 2.16. The molecule has 1 rings (SSSR count). The summed E-state index contributed by atoms with van der Waals surface area (Å²) in [5.41, 5.74) is 2.63. The molecule has 0 radical (unpaired) electrons. The van der Waals surface area contributed by atoms with Crippen molar-refractivity contribution in [3.63, 3.8) is 0 Å². The van der Waals surface area contributed by atoms with Crippen molar-refractivity contribution in [2.45, 2.75) is 25.6 Å². The van der Waals surface area contributed by atoms with Gasteiger partial charge in [-0.25, -0.2) is 0 Å². The van der Waals surface area contributed by atoms with Gasteiger partial charge in [-0.15, -0.1) is 0 Å². The van der Waals surface area contributed by atoms with Crippen molar-refractivity contribution >= 4 is 15.9 Å². The Morgan fingerprint density at radius 2 is 1.93 bits per heavy atom. The van der Waals surface area contributed by atoms with Gasteiger partial charge >= 0.3 is 0 Å². The van der Waals surface area contributed by atoms with Gasteiger partial charge in [-0.2, -0.15) is 0 Å². The Morgan fingerprint density at radius 3 is 2.36 bits per heavy atom. The van der Waals surface area contributed by atoms with Crippen LogP contribution in [0.25, 0.3) is 0 Å². The van der Waals surface area contributed by atoms with Gasteiger partial charge in [-0.1, -0.05) is 35.8 Å². The summed E-state index contributed by atoms with van der Waals surface area (Å²) in [6.07, 6.45) is 0. The Kier molecular flexibility index (Phi) is 3.99. The van der Waals surface area contributed by atoms with Crippen LogP contribution in [0.3, 0.4) is 0 Å². The normalized spacial score (nSPS) is 13.0. The maximum atomic E-state index is 5.17. The van der Waals surface area contributed by atoms with Crippen LogP contribution in [0.5, 0.6) is 5.75 Å². The summed E-state index contributed by atoms with van der Waals surface area (Å²) < 4.78 is 5.17. The van der Waals surface area contributed by atoms with Crippen LogP contribution in [0.2, 0.25) is 0 Å². The molecule has 1 aromatic rings. The fraction of sp³-hybridized carbons (Fsp3) is 0.500. The van der Waals surface area contributed by atoms with Gasteiger partial charge in [0.05, 0.1) is 7.11 Å². The van der Waals surface area contributed by atoms with Crippen molar-refractivity contribution in [2.75, 3.05) is 7.11 Å². The number of ether oxygens (including phenoxy) is 1. The van der Waals surface area contributed by atoms with Crippen LogP contribution in [0, 0.1) is 12.8 Å². The third-order valence-electron chi connectivity index (χ3n) is 2.36. The smallest absolute Gasteiger partial charge is 0.119 e. The zero-order valence-corrected chi connectivity index (χ0v) is 10.8. The van der Waals surface area contributed by atoms with Gasteiger partial charge in [-0.3, -0.25) is 0 Å². The van der Waals surface area contributed by atoms with E-state index in [9.17, 15) is 0 Å². The minimum atomic E-state index is 0.424. The molecule has 0 bridgehead atoms. The van der Waals surface area contributed by atoms with Gasteiger partial charge in [0.1, 0.15) is 5.75 Å². The lowest BCUT2D eigenvalue weighted by molar-refractivity contribution is 0.414. The molecular formula is C12H17BrO. The van der Waals surface area contributed by atoms with Crippen molar-refractivity contribution in [3.05, 3.63) is 29.3 Å². The molecule has 0 spiro atoms. The maximum absolute atomic E-state index is 5.17. The average molecular weight is 257 g/mol. The van der Waals surface area contributed by atoms with E-state index in [2.05, 4.69) is 48.8 Å². The van der Waals surface area contributed by atoms with E-state index >= 15 is 0 Å². The van der Waals surface area contributed by atoms with E-state index in [0.717, 1.165) is 5.75 Å². The minimum Gasteiger partial charge on any atom is -0.497 e. The lowest BCUT2D eigenvalue weighted by Crippen LogP contribution is -2.01. The molecule has 14 heavy (non-hydrogen) atoms. The van der Waals surface area contributed by atoms with Crippen molar-refractivity contribution in [1.82, 2.24) is 0 Å². The SMILES string of the molecule is COc1ccc(C(Br)C(C)C)c(C)c1. The first kappa shape index (κ1) is 11.6. The molecule has 1 atom stereocenters. The molecule has 0 aliphatic rings. The fourth-order valence-corrected chi connectivity index (χ4v) is 1.96. The van der Waals surface area contributed by atoms with E-state index < -0.39 is 0 Å². The summed E-state index contributed by atoms with van der Waals surface area (Å²) in [5, 5.41) is 0. The molecule has 78 valence electrons. The third kappa shape index (κ3) is 2.50. The number of hydrogen-bond acceptors (Lipinski definition) is 1. The first-order valence-electron chi connectivity index (χ1n) is 4.85. The summed E-state index contributed by atoms with van der Waals surface area (Å²) in [6, 6.07) is 6.22. The molecule has 0 aromatic heterocycles. The number of halogens is 1. The monoisotopic (exact) mass is 256 g/mol. The second kappa shape index (κ2) is 4.83. The number of aryl methyl sites for hydroxylation is 1. The molecule has 0 fully saturated rings. The van der Waals surface area contributed by atoms with Crippen LogP contribution in [0.4, 0.5) is 0 Å². The molecule has 0 N–H and O–H groups in total. The zero-order chi connectivity index (χ0) is 10.7. The summed E-state index contributed by atoms with van der Waals surface area (Å²) in [5.74, 6) is 1.52. The third-order valence-corrected chi connectivity index (χ3v) is 3.91. The molecule has 0 amide bonds. The van der Waals surface area contributed by atoms with E-state index in [1.54, 1.807) is 7.11 Å². The summed E-state index contributed by atoms with van der Waals surface area (Å²) in [6.45, 7) is 6.54. The molecule has 0 saturated carbocycles. The number of hydrogen-bond donors (Lipinski definition) is 0. The largest absolute Gasteiger partial charge is 0.497 e. The Bertz CT molecular complexity index is 307. The molecule has 1 nitrogen and oxygen atoms in total. The Morgan fingerprint density at radius 1 is 1.29 bits per heavy atom. The number of rotatable bonds is 3. The van der Waals surface area contributed by atoms with Gasteiger partial charge < -0.3 is 4.74 Å². The van der Waals surface area contributed by atoms with E-state index in [1.807, 2.05) is 6.07 Å². The highest BCUT2D eigenvalue weighted by Crippen LogP contribution is 2.33. The first-order valence-corrected chi connectivity index (χ1v) is 5.76. The Labute approximate surface area is 94.6 Å². The number of alkyl halides is 1. The van der Waals surface area contributed by atoms with E-state index in [4.69, 9.17) is 4.74 Å². The van der Waals surface area contributed by atoms with Crippen molar-refractivity contribution in [1.29, 1.82) is 0 Å². The lowest BCUT2D eigenvalue weighted by atomic mass is 9.98. The topological polar surface area (TPSA) is 9.23 Å². The standard InChI is InChI=1S/C12H17BrO/c1-8(2)12(13)11-6-5-10(14-4)7-9(11)3/h5-8,12H,1-4H3. The molecule has 0 heterocycles. The van der Waals surface area contributed by atoms with E-state index in [1.165, 1.54) is 11.1 Å². The van der Waals surface area contributed by atoms with Crippen LogP contribution >= 0.6 is 15.9 Å². The predicted molar refractivity (Wildman–Crippen MR) is 64.2 cm³/mol. The maximum Gasteiger partial charge on any atom is 0.119 e. The molecular weight excluding hydrogens is 240 g/mol. The van der Waals surface area contributed by atoms with Crippen LogP contribution in [-0.2, 0) is 0 Å². The summed E-state index contributed by atoms with van der Waals surface area (Å²) in [4.78, 5) is 0.424. The van der Waals surface area contributed by atoms with Crippen molar-refractivity contribution in [3.8, 4) is 5.75 Å². The quantitative estimate of drug-likeness (QED) is 0.741. The van der Waals surface area contributed by atoms with Crippen LogP contribution < -0.4 is 4.74 Å². The molecule has 1 aromatic carbocycles. The zero-order valence-electron chi connectivity index (χ0n) is 9.17. The predicted octanol–water partition coefficient (Wildman–Crippen LogP) is 4.10. The highest BCUT2D eigenvalue weighted by molar-refractivity contribution is 9.09. The Hall–Kier alpha value is -0.500. The molecule has 0 saturated heterocycles. The molecule has 2 heteroatoms. The minimum absolute atomic E-state index is 0.424. The van der Waals surface area contributed by atoms with Crippen LogP contribution in [0.15, 0.2) is 18.2 Å². The second-order valence-corrected chi connectivity index (χ2v) is 4.85.